The van der Waals surface area contributed by atoms with Crippen LogP contribution in [0.15, 0.2) is 48.5 Å². The highest BCUT2D eigenvalue weighted by atomic mass is 16.5. The molecule has 1 fully saturated rings. The van der Waals surface area contributed by atoms with Crippen molar-refractivity contribution in [2.24, 2.45) is 0 Å². The number of carbonyl (C=O) groups excluding carboxylic acids is 1. The van der Waals surface area contributed by atoms with Gasteiger partial charge in [-0.1, -0.05) is 30.3 Å². The molecule has 1 atom stereocenters. The Hall–Kier alpha value is -2.88. The molecule has 1 heterocycles. The smallest absolute Gasteiger partial charge is 0.241 e. The average Bonchev–Trinajstić information content (AvgIpc) is 2.74. The number of para-hydroxylation sites is 2. The van der Waals surface area contributed by atoms with Gasteiger partial charge in [-0.2, -0.15) is 5.26 Å². The van der Waals surface area contributed by atoms with Crippen LogP contribution < -0.4 is 10.2 Å². The third-order valence-corrected chi connectivity index (χ3v) is 5.11. The second-order valence-electron chi connectivity index (χ2n) is 6.97. The number of likely N-dealkylation sites (N-methyl/N-ethyl adjacent to an activating group) is 1. The van der Waals surface area contributed by atoms with E-state index in [4.69, 9.17) is 4.74 Å². The van der Waals surface area contributed by atoms with Gasteiger partial charge in [0.25, 0.3) is 0 Å². The Morgan fingerprint density at radius 1 is 1.21 bits per heavy atom. The maximum absolute atomic E-state index is 12.7. The molecule has 0 aliphatic carbocycles. The van der Waals surface area contributed by atoms with Crippen molar-refractivity contribution in [1.82, 2.24) is 4.90 Å². The first-order valence-electron chi connectivity index (χ1n) is 9.51. The SMILES string of the molecule is C[C@@H](C(=O)Nc1ccccc1C#N)N(C)Cc1ccccc1N1CCOCC1. The van der Waals surface area contributed by atoms with Crippen LogP contribution >= 0.6 is 0 Å². The summed E-state index contributed by atoms with van der Waals surface area (Å²) < 4.78 is 5.46. The largest absolute Gasteiger partial charge is 0.378 e. The number of morpholine rings is 1. The fourth-order valence-electron chi connectivity index (χ4n) is 3.29. The number of ether oxygens (including phenoxy) is 1. The second-order valence-corrected chi connectivity index (χ2v) is 6.97. The Labute approximate surface area is 166 Å². The Balaban J connectivity index is 1.68. The monoisotopic (exact) mass is 378 g/mol. The third kappa shape index (κ3) is 4.69. The Morgan fingerprint density at radius 3 is 2.64 bits per heavy atom. The molecule has 3 rings (SSSR count). The first-order chi connectivity index (χ1) is 13.6. The van der Waals surface area contributed by atoms with Gasteiger partial charge in [-0.05, 0) is 37.7 Å². The quantitative estimate of drug-likeness (QED) is 0.837. The number of anilines is 2. The van der Waals surface area contributed by atoms with Crippen molar-refractivity contribution in [1.29, 1.82) is 5.26 Å². The Morgan fingerprint density at radius 2 is 1.89 bits per heavy atom. The molecule has 0 aromatic heterocycles. The Bertz CT molecular complexity index is 856. The molecule has 146 valence electrons. The molecule has 1 aliphatic heterocycles. The molecule has 1 amide bonds. The highest BCUT2D eigenvalue weighted by molar-refractivity contribution is 5.95. The summed E-state index contributed by atoms with van der Waals surface area (Å²) in [5, 5.41) is 12.1. The lowest BCUT2D eigenvalue weighted by Gasteiger charge is -2.32. The summed E-state index contributed by atoms with van der Waals surface area (Å²) in [7, 11) is 1.94. The van der Waals surface area contributed by atoms with E-state index in [1.807, 2.05) is 37.1 Å². The van der Waals surface area contributed by atoms with Crippen molar-refractivity contribution in [2.75, 3.05) is 43.6 Å². The molecule has 0 bridgehead atoms. The zero-order chi connectivity index (χ0) is 19.9. The first-order valence-corrected chi connectivity index (χ1v) is 9.51. The fraction of sp³-hybridized carbons (Fsp3) is 0.364. The van der Waals surface area contributed by atoms with E-state index in [0.717, 1.165) is 26.3 Å². The zero-order valence-electron chi connectivity index (χ0n) is 16.4. The molecule has 0 spiro atoms. The summed E-state index contributed by atoms with van der Waals surface area (Å²) >= 11 is 0. The minimum atomic E-state index is -0.343. The zero-order valence-corrected chi connectivity index (χ0v) is 16.4. The summed E-state index contributed by atoms with van der Waals surface area (Å²) in [4.78, 5) is 17.1. The molecular formula is C22H26N4O2. The molecule has 6 nitrogen and oxygen atoms in total. The first kappa shape index (κ1) is 19.9. The Kier molecular flexibility index (Phi) is 6.64. The van der Waals surface area contributed by atoms with E-state index in [1.54, 1.807) is 18.2 Å². The van der Waals surface area contributed by atoms with E-state index in [9.17, 15) is 10.1 Å². The van der Waals surface area contributed by atoms with Gasteiger partial charge < -0.3 is 15.0 Å². The molecule has 2 aromatic rings. The molecule has 0 radical (unpaired) electrons. The highest BCUT2D eigenvalue weighted by Gasteiger charge is 2.21. The van der Waals surface area contributed by atoms with Crippen LogP contribution in [0, 0.1) is 11.3 Å². The predicted octanol–water partition coefficient (Wildman–Crippen LogP) is 2.85. The van der Waals surface area contributed by atoms with E-state index in [-0.39, 0.29) is 11.9 Å². The lowest BCUT2D eigenvalue weighted by Crippen LogP contribution is -2.40. The summed E-state index contributed by atoms with van der Waals surface area (Å²) in [6.07, 6.45) is 0. The maximum atomic E-state index is 12.7. The van der Waals surface area contributed by atoms with Crippen molar-refractivity contribution in [2.45, 2.75) is 19.5 Å². The molecule has 6 heteroatoms. The van der Waals surface area contributed by atoms with Crippen LogP contribution in [0.1, 0.15) is 18.1 Å². The number of carbonyl (C=O) groups is 1. The topological polar surface area (TPSA) is 68.6 Å². The number of hydrogen-bond donors (Lipinski definition) is 1. The lowest BCUT2D eigenvalue weighted by molar-refractivity contribution is -0.120. The molecule has 0 unspecified atom stereocenters. The van der Waals surface area contributed by atoms with Crippen LogP contribution in [-0.2, 0) is 16.1 Å². The van der Waals surface area contributed by atoms with Crippen molar-refractivity contribution < 1.29 is 9.53 Å². The van der Waals surface area contributed by atoms with Crippen molar-refractivity contribution >= 4 is 17.3 Å². The van der Waals surface area contributed by atoms with Crippen molar-refractivity contribution in [3.05, 3.63) is 59.7 Å². The minimum Gasteiger partial charge on any atom is -0.378 e. The van der Waals surface area contributed by atoms with Gasteiger partial charge in [0, 0.05) is 25.3 Å². The molecular weight excluding hydrogens is 352 g/mol. The van der Waals surface area contributed by atoms with Crippen LogP contribution in [0.4, 0.5) is 11.4 Å². The molecule has 0 saturated carbocycles. The standard InChI is InChI=1S/C22H26N4O2/c1-17(22(27)24-20-9-5-3-7-18(20)15-23)25(2)16-19-8-4-6-10-21(19)26-11-13-28-14-12-26/h3-10,17H,11-14,16H2,1-2H3,(H,24,27)/t17-/m0/s1. The fourth-order valence-corrected chi connectivity index (χ4v) is 3.29. The minimum absolute atomic E-state index is 0.131. The molecule has 2 aromatic carbocycles. The maximum Gasteiger partial charge on any atom is 0.241 e. The number of nitrogens with one attached hydrogen (secondary N) is 1. The van der Waals surface area contributed by atoms with Gasteiger partial charge in [0.15, 0.2) is 0 Å². The number of benzene rings is 2. The van der Waals surface area contributed by atoms with Gasteiger partial charge in [-0.3, -0.25) is 9.69 Å². The van der Waals surface area contributed by atoms with Crippen molar-refractivity contribution in [3.63, 3.8) is 0 Å². The third-order valence-electron chi connectivity index (χ3n) is 5.11. The van der Waals surface area contributed by atoms with Crippen LogP contribution in [0.5, 0.6) is 0 Å². The van der Waals surface area contributed by atoms with Gasteiger partial charge >= 0.3 is 0 Å². The molecule has 28 heavy (non-hydrogen) atoms. The molecule has 1 aliphatic rings. The number of nitriles is 1. The van der Waals surface area contributed by atoms with Gasteiger partial charge in [0.05, 0.1) is 30.5 Å². The summed E-state index contributed by atoms with van der Waals surface area (Å²) in [6.45, 7) is 5.76. The normalized spacial score (nSPS) is 15.1. The van der Waals surface area contributed by atoms with Crippen LogP contribution in [-0.4, -0.2) is 50.2 Å². The number of hydrogen-bond acceptors (Lipinski definition) is 5. The van der Waals surface area contributed by atoms with Crippen LogP contribution in [0.2, 0.25) is 0 Å². The summed E-state index contributed by atoms with van der Waals surface area (Å²) in [6, 6.07) is 17.1. The van der Waals surface area contributed by atoms with E-state index in [2.05, 4.69) is 28.4 Å². The lowest BCUT2D eigenvalue weighted by atomic mass is 10.1. The second kappa shape index (κ2) is 9.36. The van der Waals surface area contributed by atoms with Crippen LogP contribution in [0.3, 0.4) is 0 Å². The van der Waals surface area contributed by atoms with E-state index >= 15 is 0 Å². The summed E-state index contributed by atoms with van der Waals surface area (Å²) in [5.74, 6) is -0.131. The van der Waals surface area contributed by atoms with Gasteiger partial charge in [0.1, 0.15) is 6.07 Å². The number of nitrogens with zero attached hydrogens (tertiary/aromatic N) is 3. The van der Waals surface area contributed by atoms with E-state index < -0.39 is 0 Å². The number of rotatable bonds is 6. The van der Waals surface area contributed by atoms with Crippen molar-refractivity contribution in [3.8, 4) is 6.07 Å². The van der Waals surface area contributed by atoms with Gasteiger partial charge in [-0.25, -0.2) is 0 Å². The molecule has 1 saturated heterocycles. The highest BCUT2D eigenvalue weighted by Crippen LogP contribution is 2.23. The molecule has 1 N–H and O–H groups in total. The van der Waals surface area contributed by atoms with E-state index in [1.165, 1.54) is 11.3 Å². The van der Waals surface area contributed by atoms with Gasteiger partial charge in [0.2, 0.25) is 5.91 Å². The van der Waals surface area contributed by atoms with Gasteiger partial charge in [-0.15, -0.1) is 0 Å². The summed E-state index contributed by atoms with van der Waals surface area (Å²) in [5.41, 5.74) is 3.39. The van der Waals surface area contributed by atoms with E-state index in [0.29, 0.717) is 17.8 Å². The van der Waals surface area contributed by atoms with Crippen LogP contribution in [0.25, 0.3) is 0 Å². The number of amides is 1. The predicted molar refractivity (Wildman–Crippen MR) is 110 cm³/mol. The average molecular weight is 378 g/mol.